The van der Waals surface area contributed by atoms with Crippen LogP contribution in [0.1, 0.15) is 39.5 Å². The van der Waals surface area contributed by atoms with E-state index in [2.05, 4.69) is 33.2 Å². The highest BCUT2D eigenvalue weighted by molar-refractivity contribution is 9.10. The summed E-state index contributed by atoms with van der Waals surface area (Å²) in [5.41, 5.74) is 0.593. The molecule has 1 saturated carbocycles. The number of nitrogens with zero attached hydrogens (tertiary/aromatic N) is 2. The lowest BCUT2D eigenvalue weighted by Crippen LogP contribution is -2.38. The van der Waals surface area contributed by atoms with Crippen molar-refractivity contribution in [1.29, 1.82) is 0 Å². The van der Waals surface area contributed by atoms with Crippen LogP contribution in [0.15, 0.2) is 32.6 Å². The number of fused-ring (bicyclic) bond motifs is 1. The van der Waals surface area contributed by atoms with Crippen molar-refractivity contribution in [2.24, 2.45) is 5.92 Å². The van der Waals surface area contributed by atoms with Crippen molar-refractivity contribution in [2.75, 3.05) is 5.75 Å². The first-order valence-corrected chi connectivity index (χ1v) is 10.9. The molecule has 1 N–H and O–H groups in total. The summed E-state index contributed by atoms with van der Waals surface area (Å²) in [6.07, 6.45) is 4.46. The molecule has 0 aliphatic heterocycles. The number of thioether (sulfide) groups is 1. The highest BCUT2D eigenvalue weighted by Crippen LogP contribution is 2.24. The van der Waals surface area contributed by atoms with Gasteiger partial charge in [-0.2, -0.15) is 0 Å². The molecule has 1 heterocycles. The highest BCUT2D eigenvalue weighted by Gasteiger charge is 2.20. The van der Waals surface area contributed by atoms with Crippen LogP contribution in [0.4, 0.5) is 0 Å². The number of carbonyl (C=O) groups is 1. The molecule has 0 spiro atoms. The monoisotopic (exact) mass is 437 g/mol. The summed E-state index contributed by atoms with van der Waals surface area (Å²) in [6, 6.07) is 5.78. The molecule has 0 radical (unpaired) electrons. The van der Waals surface area contributed by atoms with Gasteiger partial charge in [0.15, 0.2) is 5.16 Å². The molecule has 0 unspecified atom stereocenters. The molecule has 0 bridgehead atoms. The molecule has 0 atom stereocenters. The van der Waals surface area contributed by atoms with Gasteiger partial charge in [-0.15, -0.1) is 0 Å². The lowest BCUT2D eigenvalue weighted by Gasteiger charge is -2.26. The number of nitrogens with one attached hydrogen (secondary N) is 1. The van der Waals surface area contributed by atoms with E-state index in [1.54, 1.807) is 10.6 Å². The van der Waals surface area contributed by atoms with Gasteiger partial charge in [0, 0.05) is 17.1 Å². The lowest BCUT2D eigenvalue weighted by atomic mass is 9.87. The third-order valence-electron chi connectivity index (χ3n) is 4.91. The highest BCUT2D eigenvalue weighted by atomic mass is 79.9. The van der Waals surface area contributed by atoms with E-state index in [-0.39, 0.29) is 23.3 Å². The molecule has 1 amide bonds. The zero-order chi connectivity index (χ0) is 18.7. The molecular formula is C19H24BrN3O2S. The van der Waals surface area contributed by atoms with E-state index in [4.69, 9.17) is 0 Å². The van der Waals surface area contributed by atoms with Gasteiger partial charge in [-0.05, 0) is 56.7 Å². The Labute approximate surface area is 166 Å². The number of rotatable bonds is 5. The van der Waals surface area contributed by atoms with Gasteiger partial charge < -0.3 is 5.32 Å². The van der Waals surface area contributed by atoms with Gasteiger partial charge in [-0.3, -0.25) is 14.2 Å². The Morgan fingerprint density at radius 1 is 1.35 bits per heavy atom. The summed E-state index contributed by atoms with van der Waals surface area (Å²) in [4.78, 5) is 29.6. The fourth-order valence-corrected chi connectivity index (χ4v) is 4.60. The maximum Gasteiger partial charge on any atom is 0.262 e. The van der Waals surface area contributed by atoms with Crippen molar-refractivity contribution in [1.82, 2.24) is 14.9 Å². The van der Waals surface area contributed by atoms with Gasteiger partial charge >= 0.3 is 0 Å². The Morgan fingerprint density at radius 3 is 2.77 bits per heavy atom. The molecule has 1 fully saturated rings. The van der Waals surface area contributed by atoms with Crippen LogP contribution in [0.25, 0.3) is 10.9 Å². The van der Waals surface area contributed by atoms with Crippen LogP contribution in [0.5, 0.6) is 0 Å². The topological polar surface area (TPSA) is 64.0 Å². The number of amides is 1. The second-order valence-electron chi connectivity index (χ2n) is 6.92. The Bertz CT molecular complexity index is 860. The molecule has 2 aromatic rings. The van der Waals surface area contributed by atoms with Crippen LogP contribution in [0, 0.1) is 5.92 Å². The molecule has 1 aromatic carbocycles. The molecule has 5 nitrogen and oxygen atoms in total. The number of aromatic nitrogens is 2. The number of benzene rings is 1. The number of hydrogen-bond donors (Lipinski definition) is 1. The molecular weight excluding hydrogens is 414 g/mol. The molecule has 140 valence electrons. The minimum absolute atomic E-state index is 0.0161. The van der Waals surface area contributed by atoms with Gasteiger partial charge in [-0.1, -0.05) is 34.6 Å². The maximum absolute atomic E-state index is 12.7. The van der Waals surface area contributed by atoms with E-state index in [1.165, 1.54) is 24.6 Å². The first-order valence-electron chi connectivity index (χ1n) is 9.10. The standard InChI is InChI=1S/C19H24BrN3O2S/c1-3-23-18(25)15-10-13(20)6-9-16(15)22-19(23)26-11-17(24)21-14-7-4-12(2)5-8-14/h6,9-10,12,14H,3-5,7-8,11H2,1-2H3,(H,21,24). The SMILES string of the molecule is CCn1c(SCC(=O)NC2CCC(C)CC2)nc2ccc(Br)cc2c1=O. The second-order valence-corrected chi connectivity index (χ2v) is 8.78. The lowest BCUT2D eigenvalue weighted by molar-refractivity contribution is -0.119. The molecule has 7 heteroatoms. The van der Waals surface area contributed by atoms with E-state index < -0.39 is 0 Å². The van der Waals surface area contributed by atoms with Crippen LogP contribution in [0.2, 0.25) is 0 Å². The Kier molecular flexibility index (Phi) is 6.40. The number of halogens is 1. The predicted molar refractivity (Wildman–Crippen MR) is 110 cm³/mol. The summed E-state index contributed by atoms with van der Waals surface area (Å²) in [6.45, 7) is 4.71. The normalized spacial score (nSPS) is 20.3. The smallest absolute Gasteiger partial charge is 0.262 e. The van der Waals surface area contributed by atoms with Crippen molar-refractivity contribution in [3.05, 3.63) is 33.0 Å². The van der Waals surface area contributed by atoms with Gasteiger partial charge in [-0.25, -0.2) is 4.98 Å². The second kappa shape index (κ2) is 8.57. The first kappa shape index (κ1) is 19.4. The Balaban J connectivity index is 1.71. The minimum atomic E-state index is -0.0667. The average Bonchev–Trinajstić information content (AvgIpc) is 2.62. The van der Waals surface area contributed by atoms with E-state index in [0.717, 1.165) is 23.2 Å². The zero-order valence-corrected chi connectivity index (χ0v) is 17.5. The van der Waals surface area contributed by atoms with Crippen LogP contribution in [-0.4, -0.2) is 27.3 Å². The Morgan fingerprint density at radius 2 is 2.08 bits per heavy atom. The van der Waals surface area contributed by atoms with Crippen molar-refractivity contribution in [3.8, 4) is 0 Å². The van der Waals surface area contributed by atoms with Crippen molar-refractivity contribution in [2.45, 2.75) is 57.3 Å². The maximum atomic E-state index is 12.7. The van der Waals surface area contributed by atoms with Gasteiger partial charge in [0.1, 0.15) is 0 Å². The summed E-state index contributed by atoms with van der Waals surface area (Å²) in [5.74, 6) is 1.06. The minimum Gasteiger partial charge on any atom is -0.353 e. The van der Waals surface area contributed by atoms with Crippen LogP contribution < -0.4 is 10.9 Å². The number of carbonyl (C=O) groups excluding carboxylic acids is 1. The van der Waals surface area contributed by atoms with Crippen molar-refractivity contribution < 1.29 is 4.79 Å². The third-order valence-corrected chi connectivity index (χ3v) is 6.38. The quantitative estimate of drug-likeness (QED) is 0.567. The predicted octanol–water partition coefficient (Wildman–Crippen LogP) is 3.97. The fraction of sp³-hybridized carbons (Fsp3) is 0.526. The van der Waals surface area contributed by atoms with Crippen LogP contribution in [-0.2, 0) is 11.3 Å². The molecule has 3 rings (SSSR count). The third kappa shape index (κ3) is 4.49. The van der Waals surface area contributed by atoms with Crippen molar-refractivity contribution >= 4 is 44.5 Å². The first-order chi connectivity index (χ1) is 12.5. The van der Waals surface area contributed by atoms with Crippen LogP contribution >= 0.6 is 27.7 Å². The molecule has 0 saturated heterocycles. The summed E-state index contributed by atoms with van der Waals surface area (Å²) in [5, 5.41) is 4.31. The van der Waals surface area contributed by atoms with Crippen LogP contribution in [0.3, 0.4) is 0 Å². The fourth-order valence-electron chi connectivity index (χ4n) is 3.37. The number of hydrogen-bond acceptors (Lipinski definition) is 4. The van der Waals surface area contributed by atoms with Gasteiger partial charge in [0.2, 0.25) is 5.91 Å². The average molecular weight is 438 g/mol. The van der Waals surface area contributed by atoms with E-state index in [0.29, 0.717) is 22.6 Å². The molecule has 1 aliphatic carbocycles. The summed E-state index contributed by atoms with van der Waals surface area (Å²) < 4.78 is 2.49. The summed E-state index contributed by atoms with van der Waals surface area (Å²) >= 11 is 4.73. The molecule has 26 heavy (non-hydrogen) atoms. The largest absolute Gasteiger partial charge is 0.353 e. The summed E-state index contributed by atoms with van der Waals surface area (Å²) in [7, 11) is 0. The van der Waals surface area contributed by atoms with E-state index >= 15 is 0 Å². The zero-order valence-electron chi connectivity index (χ0n) is 15.1. The molecule has 1 aliphatic rings. The van der Waals surface area contributed by atoms with Crippen molar-refractivity contribution in [3.63, 3.8) is 0 Å². The Hall–Kier alpha value is -1.34. The van der Waals surface area contributed by atoms with Gasteiger partial charge in [0.25, 0.3) is 5.56 Å². The van der Waals surface area contributed by atoms with E-state index in [1.807, 2.05) is 19.1 Å². The van der Waals surface area contributed by atoms with Gasteiger partial charge in [0.05, 0.1) is 16.7 Å². The molecule has 1 aromatic heterocycles. The van der Waals surface area contributed by atoms with E-state index in [9.17, 15) is 9.59 Å².